The normalized spacial score (nSPS) is 18.7. The number of nitrogens with zero attached hydrogens (tertiary/aromatic N) is 3. The number of hydrogen-bond donors (Lipinski definition) is 2. The van der Waals surface area contributed by atoms with Crippen LogP contribution in [0.1, 0.15) is 51.0 Å². The number of para-hydroxylation sites is 1. The summed E-state index contributed by atoms with van der Waals surface area (Å²) in [4.78, 5) is 49.6. The minimum absolute atomic E-state index is 0.00628. The summed E-state index contributed by atoms with van der Waals surface area (Å²) in [6, 6.07) is 13.9. The number of anilines is 1. The topological polar surface area (TPSA) is 112 Å². The predicted octanol–water partition coefficient (Wildman–Crippen LogP) is 4.25. The van der Waals surface area contributed by atoms with Crippen LogP contribution < -0.4 is 15.4 Å². The van der Waals surface area contributed by atoms with Gasteiger partial charge in [-0.1, -0.05) is 43.2 Å². The maximum Gasteiger partial charge on any atom is 0.259 e. The Labute approximate surface area is 226 Å². The number of carbonyl (C=O) groups is 3. The second-order valence-corrected chi connectivity index (χ2v) is 10.4. The van der Waals surface area contributed by atoms with E-state index in [-0.39, 0.29) is 35.9 Å². The number of amides is 3. The Balaban J connectivity index is 1.26. The number of hydrogen-bond acceptors (Lipinski definition) is 7. The number of aliphatic imine (C=N–C) groups is 2. The number of fused-ring (bicyclic) bond motifs is 3. The zero-order valence-electron chi connectivity index (χ0n) is 21.3. The van der Waals surface area contributed by atoms with Crippen molar-refractivity contribution in [2.75, 3.05) is 17.7 Å². The lowest BCUT2D eigenvalue weighted by Gasteiger charge is -2.25. The van der Waals surface area contributed by atoms with Crippen LogP contribution in [0.4, 0.5) is 11.4 Å². The van der Waals surface area contributed by atoms with Crippen LogP contribution in [0, 0.1) is 0 Å². The summed E-state index contributed by atoms with van der Waals surface area (Å²) in [5.74, 6) is 0.578. The average molecular weight is 534 g/mol. The highest BCUT2D eigenvalue weighted by molar-refractivity contribution is 8.14. The number of amidine groups is 2. The van der Waals surface area contributed by atoms with E-state index < -0.39 is 6.04 Å². The number of carbonyl (C=O) groups excluding carboxylic acids is 3. The highest BCUT2D eigenvalue weighted by Crippen LogP contribution is 2.34. The van der Waals surface area contributed by atoms with Crippen molar-refractivity contribution in [3.05, 3.63) is 54.1 Å². The van der Waals surface area contributed by atoms with E-state index in [0.717, 1.165) is 37.0 Å². The SMILES string of the molecule is CCOc1ccc(NC(=O)CSC2=Nc3ccccc3C3=N[C@H](CC(=O)NC4CCCCC4)C(=O)N23)cc1. The molecule has 0 spiro atoms. The Morgan fingerprint density at radius 2 is 1.82 bits per heavy atom. The Morgan fingerprint density at radius 3 is 2.58 bits per heavy atom. The third-order valence-electron chi connectivity index (χ3n) is 6.68. The summed E-state index contributed by atoms with van der Waals surface area (Å²) >= 11 is 1.17. The molecule has 5 rings (SSSR count). The zero-order chi connectivity index (χ0) is 26.5. The fourth-order valence-electron chi connectivity index (χ4n) is 4.87. The molecule has 2 aliphatic heterocycles. The molecule has 0 unspecified atom stereocenters. The molecule has 1 saturated carbocycles. The van der Waals surface area contributed by atoms with Gasteiger partial charge in [0.2, 0.25) is 11.8 Å². The average Bonchev–Trinajstić information content (AvgIpc) is 3.25. The van der Waals surface area contributed by atoms with Crippen LogP contribution in [0.3, 0.4) is 0 Å². The van der Waals surface area contributed by atoms with Crippen molar-refractivity contribution in [2.45, 2.75) is 57.5 Å². The second-order valence-electron chi connectivity index (χ2n) is 9.45. The minimum Gasteiger partial charge on any atom is -0.494 e. The molecule has 1 fully saturated rings. The van der Waals surface area contributed by atoms with Crippen LogP contribution >= 0.6 is 11.8 Å². The fourth-order valence-corrected chi connectivity index (χ4v) is 5.67. The van der Waals surface area contributed by atoms with Crippen LogP contribution in [-0.4, -0.2) is 58.1 Å². The first-order valence-corrected chi connectivity index (χ1v) is 14.0. The van der Waals surface area contributed by atoms with Gasteiger partial charge in [0.1, 0.15) is 17.6 Å². The first kappa shape index (κ1) is 26.0. The van der Waals surface area contributed by atoms with Crippen molar-refractivity contribution in [3.8, 4) is 5.75 Å². The Bertz CT molecular complexity index is 1270. The molecule has 3 amide bonds. The number of rotatable bonds is 8. The van der Waals surface area contributed by atoms with Gasteiger partial charge >= 0.3 is 0 Å². The Kier molecular flexibility index (Phi) is 8.07. The quantitative estimate of drug-likeness (QED) is 0.527. The summed E-state index contributed by atoms with van der Waals surface area (Å²) in [6.07, 6.45) is 5.38. The van der Waals surface area contributed by atoms with Crippen molar-refractivity contribution in [1.29, 1.82) is 0 Å². The van der Waals surface area contributed by atoms with E-state index >= 15 is 0 Å². The number of ether oxygens (including phenoxy) is 1. The molecule has 1 aliphatic carbocycles. The standard InChI is InChI=1S/C28H31N5O4S/c1-2-37-20-14-12-19(13-15-20)30-25(35)17-38-28-32-22-11-7-6-10-21(22)26-31-23(27(36)33(26)28)16-24(34)29-18-8-4-3-5-9-18/h6-7,10-15,18,23H,2-5,8-9,16-17H2,1H3,(H,29,34)(H,30,35)/t23-/m1/s1. The molecular weight excluding hydrogens is 502 g/mol. The van der Waals surface area contributed by atoms with E-state index in [0.29, 0.717) is 29.0 Å². The molecule has 2 aromatic rings. The van der Waals surface area contributed by atoms with E-state index in [9.17, 15) is 14.4 Å². The molecule has 3 aliphatic rings. The van der Waals surface area contributed by atoms with Gasteiger partial charge in [0.25, 0.3) is 5.91 Å². The molecule has 10 heteroatoms. The molecule has 2 heterocycles. The molecule has 2 N–H and O–H groups in total. The predicted molar refractivity (Wildman–Crippen MR) is 149 cm³/mol. The molecule has 0 aromatic heterocycles. The molecular formula is C28H31N5O4S. The molecule has 1 atom stereocenters. The van der Waals surface area contributed by atoms with Crippen molar-refractivity contribution in [2.24, 2.45) is 9.98 Å². The third-order valence-corrected chi connectivity index (χ3v) is 7.62. The van der Waals surface area contributed by atoms with Crippen molar-refractivity contribution < 1.29 is 19.1 Å². The van der Waals surface area contributed by atoms with Gasteiger partial charge in [0, 0.05) is 17.3 Å². The summed E-state index contributed by atoms with van der Waals surface area (Å²) in [6.45, 7) is 2.48. The van der Waals surface area contributed by atoms with Crippen LogP contribution in [0.5, 0.6) is 5.75 Å². The zero-order valence-corrected chi connectivity index (χ0v) is 22.1. The maximum atomic E-state index is 13.4. The highest BCUT2D eigenvalue weighted by atomic mass is 32.2. The number of nitrogens with one attached hydrogen (secondary N) is 2. The maximum absolute atomic E-state index is 13.4. The number of benzene rings is 2. The molecule has 0 saturated heterocycles. The van der Waals surface area contributed by atoms with E-state index in [1.54, 1.807) is 24.3 Å². The van der Waals surface area contributed by atoms with E-state index in [1.807, 2.05) is 31.2 Å². The van der Waals surface area contributed by atoms with Crippen molar-refractivity contribution >= 4 is 51.9 Å². The van der Waals surface area contributed by atoms with Crippen molar-refractivity contribution in [3.63, 3.8) is 0 Å². The van der Waals surface area contributed by atoms with Crippen molar-refractivity contribution in [1.82, 2.24) is 10.2 Å². The van der Waals surface area contributed by atoms with Gasteiger partial charge in [-0.05, 0) is 56.2 Å². The van der Waals surface area contributed by atoms with Crippen LogP contribution in [0.15, 0.2) is 58.5 Å². The molecule has 38 heavy (non-hydrogen) atoms. The monoisotopic (exact) mass is 533 g/mol. The van der Waals surface area contributed by atoms with E-state index in [1.165, 1.54) is 23.1 Å². The highest BCUT2D eigenvalue weighted by Gasteiger charge is 2.42. The summed E-state index contributed by atoms with van der Waals surface area (Å²) in [7, 11) is 0. The Morgan fingerprint density at radius 1 is 1.05 bits per heavy atom. The lowest BCUT2D eigenvalue weighted by molar-refractivity contribution is -0.129. The van der Waals surface area contributed by atoms with Gasteiger partial charge in [-0.25, -0.2) is 9.89 Å². The van der Waals surface area contributed by atoms with Gasteiger partial charge in [0.05, 0.1) is 24.5 Å². The fraction of sp³-hybridized carbons (Fsp3) is 0.393. The summed E-state index contributed by atoms with van der Waals surface area (Å²) < 4.78 is 5.44. The largest absolute Gasteiger partial charge is 0.494 e. The molecule has 198 valence electrons. The summed E-state index contributed by atoms with van der Waals surface area (Å²) in [5.41, 5.74) is 2.06. The van der Waals surface area contributed by atoms with Gasteiger partial charge in [-0.3, -0.25) is 19.4 Å². The summed E-state index contributed by atoms with van der Waals surface area (Å²) in [5, 5.41) is 6.31. The van der Waals surface area contributed by atoms with Crippen LogP contribution in [-0.2, 0) is 14.4 Å². The van der Waals surface area contributed by atoms with E-state index in [4.69, 9.17) is 4.74 Å². The first-order valence-electron chi connectivity index (χ1n) is 13.1. The molecule has 2 aromatic carbocycles. The Hall–Kier alpha value is -3.66. The van der Waals surface area contributed by atoms with Gasteiger partial charge in [-0.15, -0.1) is 0 Å². The lowest BCUT2D eigenvalue weighted by Crippen LogP contribution is -2.43. The molecule has 0 bridgehead atoms. The minimum atomic E-state index is -0.816. The molecule has 9 nitrogen and oxygen atoms in total. The van der Waals surface area contributed by atoms with Crippen LogP contribution in [0.2, 0.25) is 0 Å². The van der Waals surface area contributed by atoms with Gasteiger partial charge in [0.15, 0.2) is 5.17 Å². The first-order chi connectivity index (χ1) is 18.5. The third kappa shape index (κ3) is 5.91. The number of thioether (sulfide) groups is 1. The van der Waals surface area contributed by atoms with Crippen LogP contribution in [0.25, 0.3) is 0 Å². The second kappa shape index (κ2) is 11.8. The van der Waals surface area contributed by atoms with Gasteiger partial charge < -0.3 is 15.4 Å². The molecule has 0 radical (unpaired) electrons. The van der Waals surface area contributed by atoms with Gasteiger partial charge in [-0.2, -0.15) is 0 Å². The smallest absolute Gasteiger partial charge is 0.259 e. The lowest BCUT2D eigenvalue weighted by atomic mass is 9.95. The van der Waals surface area contributed by atoms with E-state index in [2.05, 4.69) is 20.6 Å².